The van der Waals surface area contributed by atoms with Gasteiger partial charge < -0.3 is 10.1 Å². The van der Waals surface area contributed by atoms with Crippen molar-refractivity contribution in [2.75, 3.05) is 13.2 Å². The summed E-state index contributed by atoms with van der Waals surface area (Å²) < 4.78 is 6.88. The molecule has 1 rings (SSSR count). The van der Waals surface area contributed by atoms with Gasteiger partial charge in [-0.1, -0.05) is 29.8 Å². The Balaban J connectivity index is 2.81. The lowest BCUT2D eigenvalue weighted by Gasteiger charge is -2.18. The average molecular weight is 300 g/mol. The molecule has 0 saturated carbocycles. The minimum atomic E-state index is 0.319. The van der Waals surface area contributed by atoms with Crippen LogP contribution in [0.15, 0.2) is 22.7 Å². The van der Waals surface area contributed by atoms with E-state index in [1.807, 2.05) is 12.1 Å². The summed E-state index contributed by atoms with van der Waals surface area (Å²) in [7, 11) is 0. The molecule has 0 aliphatic carbocycles. The molecule has 1 aromatic carbocycles. The highest BCUT2D eigenvalue weighted by atomic mass is 79.9. The van der Waals surface area contributed by atoms with Crippen molar-refractivity contribution >= 4 is 15.9 Å². The largest absolute Gasteiger partial charge is 0.493 e. The van der Waals surface area contributed by atoms with Gasteiger partial charge in [-0.05, 0) is 44.5 Å². The molecule has 17 heavy (non-hydrogen) atoms. The lowest BCUT2D eigenvalue weighted by molar-refractivity contribution is 0.310. The average Bonchev–Trinajstić information content (AvgIpc) is 2.34. The van der Waals surface area contributed by atoms with E-state index in [9.17, 15) is 0 Å². The van der Waals surface area contributed by atoms with Crippen LogP contribution >= 0.6 is 15.9 Å². The standard InChI is InChI=1S/C14H22BrNO/c1-4-8-16-11(3)13-10-12(15)6-7-14(13)17-9-5-2/h6-7,10-11,16H,4-5,8-9H2,1-3H3. The van der Waals surface area contributed by atoms with Crippen molar-refractivity contribution in [1.29, 1.82) is 0 Å². The van der Waals surface area contributed by atoms with Crippen LogP contribution in [0.2, 0.25) is 0 Å². The minimum Gasteiger partial charge on any atom is -0.493 e. The molecule has 0 aliphatic heterocycles. The Kier molecular flexibility index (Phi) is 6.60. The second kappa shape index (κ2) is 7.72. The molecule has 0 aromatic heterocycles. The van der Waals surface area contributed by atoms with Gasteiger partial charge in [0.05, 0.1) is 6.61 Å². The molecule has 0 saturated heterocycles. The monoisotopic (exact) mass is 299 g/mol. The summed E-state index contributed by atoms with van der Waals surface area (Å²) in [5.74, 6) is 0.992. The molecular formula is C14H22BrNO. The first-order valence-electron chi connectivity index (χ1n) is 6.34. The molecule has 96 valence electrons. The molecule has 2 nitrogen and oxygen atoms in total. The SMILES string of the molecule is CCCNC(C)c1cc(Br)ccc1OCCC. The first kappa shape index (κ1) is 14.5. The summed E-state index contributed by atoms with van der Waals surface area (Å²) in [5, 5.41) is 3.49. The zero-order chi connectivity index (χ0) is 12.7. The van der Waals surface area contributed by atoms with Crippen molar-refractivity contribution in [3.63, 3.8) is 0 Å². The van der Waals surface area contributed by atoms with Gasteiger partial charge in [-0.25, -0.2) is 0 Å². The maximum absolute atomic E-state index is 5.78. The van der Waals surface area contributed by atoms with E-state index in [0.29, 0.717) is 6.04 Å². The number of nitrogens with one attached hydrogen (secondary N) is 1. The molecule has 0 fully saturated rings. The smallest absolute Gasteiger partial charge is 0.124 e. The molecule has 1 atom stereocenters. The maximum Gasteiger partial charge on any atom is 0.124 e. The third kappa shape index (κ3) is 4.68. The van der Waals surface area contributed by atoms with E-state index < -0.39 is 0 Å². The van der Waals surface area contributed by atoms with Gasteiger partial charge in [0, 0.05) is 16.1 Å². The van der Waals surface area contributed by atoms with Gasteiger partial charge in [-0.2, -0.15) is 0 Å². The topological polar surface area (TPSA) is 21.3 Å². The highest BCUT2D eigenvalue weighted by molar-refractivity contribution is 9.10. The Morgan fingerprint density at radius 3 is 2.71 bits per heavy atom. The summed E-state index contributed by atoms with van der Waals surface area (Å²) in [6.07, 6.45) is 2.18. The molecule has 0 spiro atoms. The van der Waals surface area contributed by atoms with Crippen LogP contribution in [0, 0.1) is 0 Å². The minimum absolute atomic E-state index is 0.319. The zero-order valence-electron chi connectivity index (χ0n) is 10.9. The molecule has 3 heteroatoms. The second-order valence-electron chi connectivity index (χ2n) is 4.21. The van der Waals surface area contributed by atoms with Gasteiger partial charge >= 0.3 is 0 Å². The van der Waals surface area contributed by atoms with Gasteiger partial charge in [-0.15, -0.1) is 0 Å². The van der Waals surface area contributed by atoms with Crippen LogP contribution < -0.4 is 10.1 Å². The fraction of sp³-hybridized carbons (Fsp3) is 0.571. The van der Waals surface area contributed by atoms with Gasteiger partial charge in [0.2, 0.25) is 0 Å². The predicted octanol–water partition coefficient (Wildman–Crippen LogP) is 4.30. The fourth-order valence-corrected chi connectivity index (χ4v) is 2.05. The van der Waals surface area contributed by atoms with E-state index in [1.165, 1.54) is 5.56 Å². The first-order chi connectivity index (χ1) is 8.19. The van der Waals surface area contributed by atoms with Crippen LogP contribution in [0.25, 0.3) is 0 Å². The summed E-state index contributed by atoms with van der Waals surface area (Å²) in [6, 6.07) is 6.53. The highest BCUT2D eigenvalue weighted by Crippen LogP contribution is 2.28. The number of hydrogen-bond acceptors (Lipinski definition) is 2. The molecule has 0 heterocycles. The van der Waals surface area contributed by atoms with Crippen molar-refractivity contribution < 1.29 is 4.74 Å². The summed E-state index contributed by atoms with van der Waals surface area (Å²) in [4.78, 5) is 0. The van der Waals surface area contributed by atoms with Crippen LogP contribution in [0.5, 0.6) is 5.75 Å². The molecule has 1 N–H and O–H groups in total. The summed E-state index contributed by atoms with van der Waals surface area (Å²) in [5.41, 5.74) is 1.22. The summed E-state index contributed by atoms with van der Waals surface area (Å²) in [6.45, 7) is 8.28. The highest BCUT2D eigenvalue weighted by Gasteiger charge is 2.11. The van der Waals surface area contributed by atoms with E-state index >= 15 is 0 Å². The third-order valence-corrected chi connectivity index (χ3v) is 3.09. The van der Waals surface area contributed by atoms with Crippen molar-refractivity contribution in [2.45, 2.75) is 39.7 Å². The van der Waals surface area contributed by atoms with E-state index in [2.05, 4.69) is 48.1 Å². The van der Waals surface area contributed by atoms with Gasteiger partial charge in [-0.3, -0.25) is 0 Å². The van der Waals surface area contributed by atoms with Crippen molar-refractivity contribution in [2.24, 2.45) is 0 Å². The fourth-order valence-electron chi connectivity index (χ4n) is 1.67. The lowest BCUT2D eigenvalue weighted by Crippen LogP contribution is -2.20. The zero-order valence-corrected chi connectivity index (χ0v) is 12.5. The van der Waals surface area contributed by atoms with Gasteiger partial charge in [0.15, 0.2) is 0 Å². The lowest BCUT2D eigenvalue weighted by atomic mass is 10.1. The van der Waals surface area contributed by atoms with Crippen LogP contribution in [0.1, 0.15) is 45.2 Å². The van der Waals surface area contributed by atoms with Crippen LogP contribution in [0.3, 0.4) is 0 Å². The van der Waals surface area contributed by atoms with Crippen LogP contribution in [-0.2, 0) is 0 Å². The van der Waals surface area contributed by atoms with E-state index in [1.54, 1.807) is 0 Å². The molecule has 1 aromatic rings. The Morgan fingerprint density at radius 2 is 2.06 bits per heavy atom. The molecule has 1 unspecified atom stereocenters. The quantitative estimate of drug-likeness (QED) is 0.810. The second-order valence-corrected chi connectivity index (χ2v) is 5.12. The predicted molar refractivity (Wildman–Crippen MR) is 76.6 cm³/mol. The van der Waals surface area contributed by atoms with Crippen LogP contribution in [0.4, 0.5) is 0 Å². The normalized spacial score (nSPS) is 12.5. The Morgan fingerprint density at radius 1 is 1.29 bits per heavy atom. The number of hydrogen-bond donors (Lipinski definition) is 1. The molecular weight excluding hydrogens is 278 g/mol. The van der Waals surface area contributed by atoms with Gasteiger partial charge in [0.1, 0.15) is 5.75 Å². The van der Waals surface area contributed by atoms with E-state index in [4.69, 9.17) is 4.74 Å². The molecule has 0 aliphatic rings. The Hall–Kier alpha value is -0.540. The maximum atomic E-state index is 5.78. The number of halogens is 1. The first-order valence-corrected chi connectivity index (χ1v) is 7.14. The molecule has 0 bridgehead atoms. The van der Waals surface area contributed by atoms with Crippen molar-refractivity contribution in [3.05, 3.63) is 28.2 Å². The number of rotatable bonds is 7. The van der Waals surface area contributed by atoms with Crippen LogP contribution in [-0.4, -0.2) is 13.2 Å². The molecule has 0 amide bonds. The van der Waals surface area contributed by atoms with Gasteiger partial charge in [0.25, 0.3) is 0 Å². The number of ether oxygens (including phenoxy) is 1. The van der Waals surface area contributed by atoms with Crippen molar-refractivity contribution in [3.8, 4) is 5.75 Å². The van der Waals surface area contributed by atoms with Crippen molar-refractivity contribution in [1.82, 2.24) is 5.32 Å². The summed E-state index contributed by atoms with van der Waals surface area (Å²) >= 11 is 3.52. The Bertz CT molecular complexity index is 341. The number of benzene rings is 1. The molecule has 0 radical (unpaired) electrons. The Labute approximate surface area is 113 Å². The van der Waals surface area contributed by atoms with E-state index in [-0.39, 0.29) is 0 Å². The third-order valence-electron chi connectivity index (χ3n) is 2.60. The van der Waals surface area contributed by atoms with E-state index in [0.717, 1.165) is 36.2 Å².